The van der Waals surface area contributed by atoms with E-state index >= 15 is 0 Å². The Morgan fingerprint density at radius 1 is 1.09 bits per heavy atom. The van der Waals surface area contributed by atoms with Crippen LogP contribution < -0.4 is 14.4 Å². The molecule has 2 aliphatic heterocycles. The van der Waals surface area contributed by atoms with E-state index in [0.717, 1.165) is 68.1 Å². The molecular formula is C25H30ClN3O3. The van der Waals surface area contributed by atoms with Crippen LogP contribution in [0.3, 0.4) is 0 Å². The molecular weight excluding hydrogens is 426 g/mol. The topological polar surface area (TPSA) is 54.9 Å². The summed E-state index contributed by atoms with van der Waals surface area (Å²) in [6, 6.07) is 10.3. The van der Waals surface area contributed by atoms with Gasteiger partial charge in [0, 0.05) is 37.7 Å². The fraction of sp³-hybridized carbons (Fsp3) is 0.520. The van der Waals surface area contributed by atoms with E-state index in [1.165, 1.54) is 0 Å². The Balaban J connectivity index is 1.27. The molecule has 0 bridgehead atoms. The van der Waals surface area contributed by atoms with Crippen LogP contribution in [0.2, 0.25) is 5.02 Å². The maximum absolute atomic E-state index is 13.6. The van der Waals surface area contributed by atoms with Gasteiger partial charge in [-0.25, -0.2) is 4.98 Å². The molecule has 3 heterocycles. The summed E-state index contributed by atoms with van der Waals surface area (Å²) in [6.07, 6.45) is 6.44. The molecule has 2 fully saturated rings. The van der Waals surface area contributed by atoms with E-state index in [1.807, 2.05) is 18.2 Å². The lowest BCUT2D eigenvalue weighted by atomic mass is 9.93. The first kappa shape index (κ1) is 21.4. The molecule has 32 heavy (non-hydrogen) atoms. The first-order valence-corrected chi connectivity index (χ1v) is 12.1. The number of piperidine rings is 1. The number of pyridine rings is 1. The minimum absolute atomic E-state index is 0.0168. The van der Waals surface area contributed by atoms with Gasteiger partial charge < -0.3 is 19.3 Å². The molecule has 0 radical (unpaired) electrons. The number of nitrogens with zero attached hydrogens (tertiary/aromatic N) is 3. The fourth-order valence-corrected chi connectivity index (χ4v) is 4.87. The van der Waals surface area contributed by atoms with E-state index in [4.69, 9.17) is 21.1 Å². The second-order valence-electron chi connectivity index (χ2n) is 9.01. The number of fused-ring (bicyclic) bond motifs is 1. The average Bonchev–Trinajstić information content (AvgIpc) is 3.67. The van der Waals surface area contributed by atoms with Crippen LogP contribution in [0.1, 0.15) is 50.6 Å². The van der Waals surface area contributed by atoms with Crippen LogP contribution in [-0.4, -0.2) is 48.1 Å². The lowest BCUT2D eigenvalue weighted by Gasteiger charge is -2.37. The highest BCUT2D eigenvalue weighted by atomic mass is 35.5. The summed E-state index contributed by atoms with van der Waals surface area (Å²) in [5.41, 5.74) is 1.11. The second kappa shape index (κ2) is 9.18. The van der Waals surface area contributed by atoms with E-state index in [9.17, 15) is 4.79 Å². The van der Waals surface area contributed by atoms with Crippen LogP contribution in [0.4, 0.5) is 5.82 Å². The van der Waals surface area contributed by atoms with Crippen molar-refractivity contribution in [2.45, 2.75) is 51.1 Å². The van der Waals surface area contributed by atoms with E-state index < -0.39 is 0 Å². The van der Waals surface area contributed by atoms with Crippen LogP contribution in [0.15, 0.2) is 36.5 Å². The summed E-state index contributed by atoms with van der Waals surface area (Å²) in [7, 11) is 0. The quantitative estimate of drug-likeness (QED) is 0.644. The summed E-state index contributed by atoms with van der Waals surface area (Å²) in [4.78, 5) is 22.5. The van der Waals surface area contributed by atoms with Gasteiger partial charge >= 0.3 is 0 Å². The monoisotopic (exact) mass is 455 g/mol. The highest BCUT2D eigenvalue weighted by molar-refractivity contribution is 6.30. The van der Waals surface area contributed by atoms with E-state index in [-0.39, 0.29) is 17.9 Å². The number of halogens is 1. The Morgan fingerprint density at radius 3 is 2.53 bits per heavy atom. The lowest BCUT2D eigenvalue weighted by Crippen LogP contribution is -2.44. The zero-order valence-corrected chi connectivity index (χ0v) is 19.3. The maximum Gasteiger partial charge on any atom is 0.226 e. The molecule has 2 aromatic rings. The molecule has 6 nitrogen and oxygen atoms in total. The van der Waals surface area contributed by atoms with Gasteiger partial charge in [0.2, 0.25) is 5.91 Å². The zero-order chi connectivity index (χ0) is 22.1. The SMILES string of the molecule is C[C@H](c1ccc2c(c1)OCCCO2)N(C(=O)C1CCN(c2ccc(Cl)cn2)CC1)C1CC1. The number of carbonyl (C=O) groups is 1. The standard InChI is InChI=1S/C25H30ClN3O3/c1-17(19-3-7-22-23(15-19)32-14-2-13-31-22)29(21-5-6-21)25(30)18-9-11-28(12-10-18)24-8-4-20(26)16-27-24/h3-4,7-8,15-18,21H,2,5-6,9-14H2,1H3/t17-/m1/s1. The molecule has 0 spiro atoms. The van der Waals surface area contributed by atoms with Gasteiger partial charge in [-0.2, -0.15) is 0 Å². The Morgan fingerprint density at radius 2 is 1.84 bits per heavy atom. The predicted octanol–water partition coefficient (Wildman–Crippen LogP) is 4.86. The van der Waals surface area contributed by atoms with Gasteiger partial charge in [-0.05, 0) is 62.4 Å². The van der Waals surface area contributed by atoms with E-state index in [2.05, 4.69) is 33.8 Å². The van der Waals surface area contributed by atoms with Crippen molar-refractivity contribution in [2.24, 2.45) is 5.92 Å². The number of benzene rings is 1. The number of amides is 1. The van der Waals surface area contributed by atoms with Crippen LogP contribution in [0.5, 0.6) is 11.5 Å². The molecule has 7 heteroatoms. The molecule has 0 N–H and O–H groups in total. The number of hydrogen-bond acceptors (Lipinski definition) is 5. The number of rotatable bonds is 5. The van der Waals surface area contributed by atoms with Gasteiger partial charge in [0.05, 0.1) is 24.3 Å². The third kappa shape index (κ3) is 4.51. The third-order valence-electron chi connectivity index (χ3n) is 6.75. The number of carbonyl (C=O) groups excluding carboxylic acids is 1. The third-order valence-corrected chi connectivity index (χ3v) is 6.97. The first-order valence-electron chi connectivity index (χ1n) is 11.7. The Kier molecular flexibility index (Phi) is 6.13. The Bertz CT molecular complexity index is 955. The minimum Gasteiger partial charge on any atom is -0.490 e. The van der Waals surface area contributed by atoms with Crippen LogP contribution in [-0.2, 0) is 4.79 Å². The minimum atomic E-state index is 0.0168. The first-order chi connectivity index (χ1) is 15.6. The molecule has 1 aromatic heterocycles. The van der Waals surface area contributed by atoms with Crippen LogP contribution in [0, 0.1) is 5.92 Å². The summed E-state index contributed by atoms with van der Waals surface area (Å²) in [5, 5.41) is 0.641. The van der Waals surface area contributed by atoms with Crippen molar-refractivity contribution >= 4 is 23.3 Å². The molecule has 1 amide bonds. The summed E-state index contributed by atoms with van der Waals surface area (Å²) >= 11 is 5.97. The zero-order valence-electron chi connectivity index (χ0n) is 18.5. The summed E-state index contributed by atoms with van der Waals surface area (Å²) < 4.78 is 11.7. The van der Waals surface area contributed by atoms with Gasteiger partial charge in [0.25, 0.3) is 0 Å². The highest BCUT2D eigenvalue weighted by Crippen LogP contribution is 2.40. The molecule has 1 aromatic carbocycles. The van der Waals surface area contributed by atoms with Crippen molar-refractivity contribution in [3.8, 4) is 11.5 Å². The second-order valence-corrected chi connectivity index (χ2v) is 9.44. The number of hydrogen-bond donors (Lipinski definition) is 0. The maximum atomic E-state index is 13.6. The average molecular weight is 456 g/mol. The van der Waals surface area contributed by atoms with Gasteiger partial charge in [0.15, 0.2) is 11.5 Å². The molecule has 1 saturated carbocycles. The molecule has 3 aliphatic rings. The number of aromatic nitrogens is 1. The molecule has 5 rings (SSSR count). The van der Waals surface area contributed by atoms with Crippen molar-refractivity contribution in [1.82, 2.24) is 9.88 Å². The van der Waals surface area contributed by atoms with Crippen molar-refractivity contribution in [1.29, 1.82) is 0 Å². The molecule has 170 valence electrons. The lowest BCUT2D eigenvalue weighted by molar-refractivity contribution is -0.139. The number of ether oxygens (including phenoxy) is 2. The Labute approximate surface area is 194 Å². The highest BCUT2D eigenvalue weighted by Gasteiger charge is 2.40. The number of anilines is 1. The largest absolute Gasteiger partial charge is 0.490 e. The van der Waals surface area contributed by atoms with Crippen LogP contribution >= 0.6 is 11.6 Å². The van der Waals surface area contributed by atoms with E-state index in [1.54, 1.807) is 6.20 Å². The van der Waals surface area contributed by atoms with Crippen molar-refractivity contribution < 1.29 is 14.3 Å². The van der Waals surface area contributed by atoms with Crippen molar-refractivity contribution in [3.63, 3.8) is 0 Å². The molecule has 1 saturated heterocycles. The summed E-state index contributed by atoms with van der Waals surface area (Å²) in [5.74, 6) is 2.86. The van der Waals surface area contributed by atoms with Crippen molar-refractivity contribution in [3.05, 3.63) is 47.1 Å². The van der Waals surface area contributed by atoms with Gasteiger partial charge in [-0.15, -0.1) is 0 Å². The summed E-state index contributed by atoms with van der Waals surface area (Å²) in [6.45, 7) is 5.15. The molecule has 0 unspecified atom stereocenters. The normalized spacial score (nSPS) is 19.9. The van der Waals surface area contributed by atoms with Crippen LogP contribution in [0.25, 0.3) is 0 Å². The van der Waals surface area contributed by atoms with Gasteiger partial charge in [-0.3, -0.25) is 4.79 Å². The Hall–Kier alpha value is -2.47. The smallest absolute Gasteiger partial charge is 0.226 e. The van der Waals surface area contributed by atoms with Crippen molar-refractivity contribution in [2.75, 3.05) is 31.2 Å². The van der Waals surface area contributed by atoms with Gasteiger partial charge in [-0.1, -0.05) is 17.7 Å². The molecule has 1 aliphatic carbocycles. The van der Waals surface area contributed by atoms with Gasteiger partial charge in [0.1, 0.15) is 5.82 Å². The van der Waals surface area contributed by atoms with E-state index in [0.29, 0.717) is 24.3 Å². The fourth-order valence-electron chi connectivity index (χ4n) is 4.76. The molecule has 1 atom stereocenters. The predicted molar refractivity (Wildman–Crippen MR) is 125 cm³/mol.